The van der Waals surface area contributed by atoms with Gasteiger partial charge in [0.25, 0.3) is 5.56 Å². The van der Waals surface area contributed by atoms with Crippen LogP contribution in [-0.2, 0) is 19.4 Å². The fourth-order valence-electron chi connectivity index (χ4n) is 2.43. The highest BCUT2D eigenvalue weighted by Crippen LogP contribution is 2.32. The third kappa shape index (κ3) is 1.67. The summed E-state index contributed by atoms with van der Waals surface area (Å²) < 4.78 is 2.76. The minimum atomic E-state index is 0.169. The van der Waals surface area contributed by atoms with Gasteiger partial charge >= 0.3 is 0 Å². The number of fused-ring (bicyclic) bond motifs is 1. The van der Waals surface area contributed by atoms with Crippen LogP contribution in [0.25, 0.3) is 0 Å². The van der Waals surface area contributed by atoms with E-state index in [1.54, 1.807) is 0 Å². The quantitative estimate of drug-likeness (QED) is 0.807. The number of halogens is 1. The molecule has 3 heteroatoms. The van der Waals surface area contributed by atoms with Gasteiger partial charge in [0.05, 0.1) is 4.47 Å². The Bertz CT molecular complexity index is 459. The Kier molecular flexibility index (Phi) is 2.23. The van der Waals surface area contributed by atoms with Crippen LogP contribution in [-0.4, -0.2) is 4.57 Å². The van der Waals surface area contributed by atoms with Crippen LogP contribution >= 0.6 is 15.9 Å². The molecule has 2 nitrogen and oxygen atoms in total. The Morgan fingerprint density at radius 1 is 1.40 bits per heavy atom. The van der Waals surface area contributed by atoms with Crippen LogP contribution in [0, 0.1) is 5.92 Å². The number of hydrogen-bond acceptors (Lipinski definition) is 1. The van der Waals surface area contributed by atoms with Crippen molar-refractivity contribution >= 4 is 15.9 Å². The van der Waals surface area contributed by atoms with Crippen LogP contribution < -0.4 is 5.56 Å². The summed E-state index contributed by atoms with van der Waals surface area (Å²) in [7, 11) is 0. The summed E-state index contributed by atoms with van der Waals surface area (Å²) in [6, 6.07) is 2.02. The molecule has 0 N–H and O–H groups in total. The van der Waals surface area contributed by atoms with Crippen molar-refractivity contribution in [2.75, 3.05) is 0 Å². The molecule has 1 heterocycles. The van der Waals surface area contributed by atoms with Crippen molar-refractivity contribution < 1.29 is 0 Å². The highest BCUT2D eigenvalue weighted by Gasteiger charge is 2.25. The van der Waals surface area contributed by atoms with Gasteiger partial charge in [0.15, 0.2) is 0 Å². The summed E-state index contributed by atoms with van der Waals surface area (Å²) in [5.41, 5.74) is 2.85. The molecule has 0 atom stereocenters. The predicted octanol–water partition coefficient (Wildman–Crippen LogP) is 2.51. The summed E-state index contributed by atoms with van der Waals surface area (Å²) in [6.45, 7) is 0.945. The second-order valence-corrected chi connectivity index (χ2v) is 5.53. The molecule has 1 aromatic rings. The van der Waals surface area contributed by atoms with E-state index in [2.05, 4.69) is 15.9 Å². The van der Waals surface area contributed by atoms with E-state index in [0.29, 0.717) is 0 Å². The first-order valence-electron chi connectivity index (χ1n) is 5.67. The smallest absolute Gasteiger partial charge is 0.265 e. The van der Waals surface area contributed by atoms with Crippen LogP contribution in [0.1, 0.15) is 30.5 Å². The topological polar surface area (TPSA) is 22.0 Å². The second kappa shape index (κ2) is 3.48. The van der Waals surface area contributed by atoms with E-state index in [4.69, 9.17) is 0 Å². The van der Waals surface area contributed by atoms with E-state index >= 15 is 0 Å². The van der Waals surface area contributed by atoms with Gasteiger partial charge < -0.3 is 4.57 Å². The van der Waals surface area contributed by atoms with Gasteiger partial charge in [-0.05, 0) is 65.6 Å². The SMILES string of the molecule is O=c1c(Br)cc2c(n1CC1CC1)CCC2. The Morgan fingerprint density at radius 2 is 2.20 bits per heavy atom. The molecular formula is C12H14BrNO. The highest BCUT2D eigenvalue weighted by molar-refractivity contribution is 9.10. The summed E-state index contributed by atoms with van der Waals surface area (Å²) in [5, 5.41) is 0. The molecule has 2 aliphatic carbocycles. The fourth-order valence-corrected chi connectivity index (χ4v) is 2.92. The van der Waals surface area contributed by atoms with Gasteiger partial charge in [0.1, 0.15) is 0 Å². The molecule has 3 rings (SSSR count). The van der Waals surface area contributed by atoms with Crippen LogP contribution in [0.5, 0.6) is 0 Å². The first kappa shape index (κ1) is 9.64. The number of rotatable bonds is 2. The number of aromatic nitrogens is 1. The maximum absolute atomic E-state index is 12.0. The lowest BCUT2D eigenvalue weighted by Crippen LogP contribution is -2.25. The highest BCUT2D eigenvalue weighted by atomic mass is 79.9. The summed E-state index contributed by atoms with van der Waals surface area (Å²) in [6.07, 6.45) is 6.03. The maximum Gasteiger partial charge on any atom is 0.265 e. The molecule has 0 bridgehead atoms. The molecule has 0 aliphatic heterocycles. The van der Waals surface area contributed by atoms with Crippen molar-refractivity contribution in [2.24, 2.45) is 5.92 Å². The monoisotopic (exact) mass is 267 g/mol. The van der Waals surface area contributed by atoms with E-state index in [1.807, 2.05) is 10.6 Å². The van der Waals surface area contributed by atoms with Gasteiger partial charge in [-0.15, -0.1) is 0 Å². The van der Waals surface area contributed by atoms with Crippen LogP contribution in [0.15, 0.2) is 15.3 Å². The maximum atomic E-state index is 12.0. The van der Waals surface area contributed by atoms with Gasteiger partial charge in [0.2, 0.25) is 0 Å². The first-order valence-corrected chi connectivity index (χ1v) is 6.46. The average Bonchev–Trinajstić information content (AvgIpc) is 2.92. The van der Waals surface area contributed by atoms with Crippen LogP contribution in [0.3, 0.4) is 0 Å². The number of nitrogens with zero attached hydrogens (tertiary/aromatic N) is 1. The summed E-state index contributed by atoms with van der Waals surface area (Å²) >= 11 is 3.38. The van der Waals surface area contributed by atoms with Crippen molar-refractivity contribution in [1.29, 1.82) is 0 Å². The molecule has 1 saturated carbocycles. The molecule has 1 fully saturated rings. The van der Waals surface area contributed by atoms with Gasteiger partial charge in [-0.25, -0.2) is 0 Å². The standard InChI is InChI=1S/C12H14BrNO/c13-10-6-9-2-1-3-11(9)14(12(10)15)7-8-4-5-8/h6,8H,1-5,7H2. The molecule has 0 unspecified atom stereocenters. The number of pyridine rings is 1. The molecule has 0 spiro atoms. The third-order valence-corrected chi connectivity index (χ3v) is 4.01. The molecule has 80 valence electrons. The van der Waals surface area contributed by atoms with Crippen LogP contribution in [0.2, 0.25) is 0 Å². The summed E-state index contributed by atoms with van der Waals surface area (Å²) in [5.74, 6) is 0.765. The Balaban J connectivity index is 2.11. The van der Waals surface area contributed by atoms with Crippen molar-refractivity contribution in [3.05, 3.63) is 32.2 Å². The molecule has 15 heavy (non-hydrogen) atoms. The first-order chi connectivity index (χ1) is 7.25. The minimum Gasteiger partial charge on any atom is -0.311 e. The molecule has 2 aliphatic rings. The zero-order valence-corrected chi connectivity index (χ0v) is 10.2. The summed E-state index contributed by atoms with van der Waals surface area (Å²) in [4.78, 5) is 12.0. The number of aryl methyl sites for hydroxylation is 1. The van der Waals surface area contributed by atoms with Gasteiger partial charge in [-0.3, -0.25) is 4.79 Å². The van der Waals surface area contributed by atoms with E-state index in [9.17, 15) is 4.79 Å². The van der Waals surface area contributed by atoms with Crippen molar-refractivity contribution in [3.8, 4) is 0 Å². The minimum absolute atomic E-state index is 0.169. The Hall–Kier alpha value is -0.570. The van der Waals surface area contributed by atoms with E-state index in [-0.39, 0.29) is 5.56 Å². The van der Waals surface area contributed by atoms with E-state index < -0.39 is 0 Å². The second-order valence-electron chi connectivity index (χ2n) is 4.68. The molecule has 0 aromatic carbocycles. The largest absolute Gasteiger partial charge is 0.311 e. The number of hydrogen-bond donors (Lipinski definition) is 0. The third-order valence-electron chi connectivity index (χ3n) is 3.44. The molecular weight excluding hydrogens is 254 g/mol. The lowest BCUT2D eigenvalue weighted by atomic mass is 10.2. The predicted molar refractivity (Wildman–Crippen MR) is 63.2 cm³/mol. The van der Waals surface area contributed by atoms with Crippen molar-refractivity contribution in [3.63, 3.8) is 0 Å². The molecule has 0 amide bonds. The molecule has 0 radical (unpaired) electrons. The molecule has 1 aromatic heterocycles. The Morgan fingerprint density at radius 3 is 2.93 bits per heavy atom. The van der Waals surface area contributed by atoms with Gasteiger partial charge in [0, 0.05) is 12.2 Å². The lowest BCUT2D eigenvalue weighted by molar-refractivity contribution is 0.580. The van der Waals surface area contributed by atoms with Gasteiger partial charge in [-0.2, -0.15) is 0 Å². The fraction of sp³-hybridized carbons (Fsp3) is 0.583. The lowest BCUT2D eigenvalue weighted by Gasteiger charge is -2.12. The average molecular weight is 268 g/mol. The van der Waals surface area contributed by atoms with E-state index in [0.717, 1.165) is 29.8 Å². The zero-order valence-electron chi connectivity index (χ0n) is 8.63. The van der Waals surface area contributed by atoms with E-state index in [1.165, 1.54) is 30.5 Å². The van der Waals surface area contributed by atoms with Gasteiger partial charge in [-0.1, -0.05) is 0 Å². The normalized spacial score (nSPS) is 19.3. The van der Waals surface area contributed by atoms with Crippen molar-refractivity contribution in [1.82, 2.24) is 4.57 Å². The zero-order chi connectivity index (χ0) is 10.4. The van der Waals surface area contributed by atoms with Crippen molar-refractivity contribution in [2.45, 2.75) is 38.6 Å². The van der Waals surface area contributed by atoms with Crippen LogP contribution in [0.4, 0.5) is 0 Å². The Labute approximate surface area is 97.4 Å². The molecule has 0 saturated heterocycles.